The van der Waals surface area contributed by atoms with E-state index in [9.17, 15) is 4.79 Å². The van der Waals surface area contributed by atoms with Crippen LogP contribution in [-0.2, 0) is 13.0 Å². The normalized spacial score (nSPS) is 11.9. The molecule has 1 atom stereocenters. The SMILES string of the molecule is O=c1cc(CC(NCc2ccccc2)c2ccccc2)nc(-c2ccccn2)[nH]1. The second-order valence-electron chi connectivity index (χ2n) is 6.83. The largest absolute Gasteiger partial charge is 0.305 e. The van der Waals surface area contributed by atoms with Gasteiger partial charge in [0.15, 0.2) is 5.82 Å². The lowest BCUT2D eigenvalue weighted by Crippen LogP contribution is -2.24. The van der Waals surface area contributed by atoms with Crippen molar-refractivity contribution in [3.63, 3.8) is 0 Å². The zero-order valence-electron chi connectivity index (χ0n) is 16.0. The maximum Gasteiger partial charge on any atom is 0.251 e. The fourth-order valence-corrected chi connectivity index (χ4v) is 3.28. The van der Waals surface area contributed by atoms with Crippen molar-refractivity contribution in [1.82, 2.24) is 20.3 Å². The van der Waals surface area contributed by atoms with Crippen LogP contribution in [0.25, 0.3) is 11.5 Å². The Balaban J connectivity index is 1.60. The Morgan fingerprint density at radius 2 is 1.62 bits per heavy atom. The van der Waals surface area contributed by atoms with Crippen LogP contribution in [0.15, 0.2) is 95.9 Å². The van der Waals surface area contributed by atoms with Crippen molar-refractivity contribution in [3.8, 4) is 11.5 Å². The molecule has 2 N–H and O–H groups in total. The lowest BCUT2D eigenvalue weighted by Gasteiger charge is -2.19. The Kier molecular flexibility index (Phi) is 5.88. The minimum atomic E-state index is -0.175. The summed E-state index contributed by atoms with van der Waals surface area (Å²) in [5.74, 6) is 0.489. The number of benzene rings is 2. The van der Waals surface area contributed by atoms with Gasteiger partial charge in [0.05, 0.1) is 5.69 Å². The Morgan fingerprint density at radius 1 is 0.897 bits per heavy atom. The molecule has 4 aromatic rings. The van der Waals surface area contributed by atoms with Crippen LogP contribution in [-0.4, -0.2) is 15.0 Å². The Hall–Kier alpha value is -3.57. The van der Waals surface area contributed by atoms with E-state index in [0.717, 1.165) is 17.8 Å². The summed E-state index contributed by atoms with van der Waals surface area (Å²) in [5, 5.41) is 3.61. The van der Waals surface area contributed by atoms with Gasteiger partial charge in [0.25, 0.3) is 5.56 Å². The second kappa shape index (κ2) is 9.08. The van der Waals surface area contributed by atoms with Crippen LogP contribution in [0.5, 0.6) is 0 Å². The molecule has 0 fully saturated rings. The number of nitrogens with zero attached hydrogens (tertiary/aromatic N) is 2. The van der Waals surface area contributed by atoms with E-state index >= 15 is 0 Å². The van der Waals surface area contributed by atoms with Crippen molar-refractivity contribution in [3.05, 3.63) is 118 Å². The third-order valence-electron chi connectivity index (χ3n) is 4.71. The summed E-state index contributed by atoms with van der Waals surface area (Å²) in [6, 6.07) is 27.7. The monoisotopic (exact) mass is 382 g/mol. The number of aromatic nitrogens is 3. The molecule has 0 aliphatic heterocycles. The molecule has 144 valence electrons. The van der Waals surface area contributed by atoms with Gasteiger partial charge < -0.3 is 10.3 Å². The lowest BCUT2D eigenvalue weighted by molar-refractivity contribution is 0.525. The topological polar surface area (TPSA) is 70.7 Å². The van der Waals surface area contributed by atoms with Crippen LogP contribution in [0, 0.1) is 0 Å². The first-order valence-corrected chi connectivity index (χ1v) is 9.62. The number of nitrogens with one attached hydrogen (secondary N) is 2. The van der Waals surface area contributed by atoms with Gasteiger partial charge in [-0.1, -0.05) is 66.7 Å². The molecule has 0 radical (unpaired) electrons. The molecule has 2 heterocycles. The van der Waals surface area contributed by atoms with E-state index in [1.165, 1.54) is 5.56 Å². The highest BCUT2D eigenvalue weighted by atomic mass is 16.1. The van der Waals surface area contributed by atoms with Gasteiger partial charge in [-0.2, -0.15) is 0 Å². The van der Waals surface area contributed by atoms with E-state index in [0.29, 0.717) is 17.9 Å². The van der Waals surface area contributed by atoms with Gasteiger partial charge in [0.2, 0.25) is 0 Å². The van der Waals surface area contributed by atoms with E-state index in [1.54, 1.807) is 12.3 Å². The van der Waals surface area contributed by atoms with Crippen molar-refractivity contribution in [2.45, 2.75) is 19.0 Å². The summed E-state index contributed by atoms with van der Waals surface area (Å²) >= 11 is 0. The predicted molar refractivity (Wildman–Crippen MR) is 114 cm³/mol. The van der Waals surface area contributed by atoms with Gasteiger partial charge in [-0.3, -0.25) is 9.78 Å². The molecule has 5 heteroatoms. The smallest absolute Gasteiger partial charge is 0.251 e. The number of hydrogen-bond acceptors (Lipinski definition) is 4. The molecule has 2 aromatic heterocycles. The van der Waals surface area contributed by atoms with Crippen molar-refractivity contribution < 1.29 is 0 Å². The molecule has 0 amide bonds. The van der Waals surface area contributed by atoms with Gasteiger partial charge in [-0.25, -0.2) is 4.98 Å². The van der Waals surface area contributed by atoms with E-state index < -0.39 is 0 Å². The van der Waals surface area contributed by atoms with Crippen LogP contribution in [0.4, 0.5) is 0 Å². The first-order valence-electron chi connectivity index (χ1n) is 9.62. The van der Waals surface area contributed by atoms with Crippen molar-refractivity contribution in [2.75, 3.05) is 0 Å². The molecule has 0 saturated heterocycles. The Bertz CT molecular complexity index is 1100. The third-order valence-corrected chi connectivity index (χ3v) is 4.71. The fourth-order valence-electron chi connectivity index (χ4n) is 3.28. The summed E-state index contributed by atoms with van der Waals surface area (Å²) in [7, 11) is 0. The molecule has 0 aliphatic carbocycles. The van der Waals surface area contributed by atoms with Crippen molar-refractivity contribution in [1.29, 1.82) is 0 Å². The van der Waals surface area contributed by atoms with Crippen LogP contribution in [0.1, 0.15) is 22.9 Å². The summed E-state index contributed by atoms with van der Waals surface area (Å²) in [6.07, 6.45) is 2.29. The van der Waals surface area contributed by atoms with Gasteiger partial charge in [-0.05, 0) is 23.3 Å². The highest BCUT2D eigenvalue weighted by Gasteiger charge is 2.14. The summed E-state index contributed by atoms with van der Waals surface area (Å²) in [5.41, 5.74) is 3.57. The van der Waals surface area contributed by atoms with Crippen molar-refractivity contribution >= 4 is 0 Å². The molecule has 0 aliphatic rings. The molecular formula is C24H22N4O. The molecule has 0 bridgehead atoms. The average molecular weight is 382 g/mol. The predicted octanol–water partition coefficient (Wildman–Crippen LogP) is 3.91. The molecule has 29 heavy (non-hydrogen) atoms. The quantitative estimate of drug-likeness (QED) is 0.508. The zero-order chi connectivity index (χ0) is 19.9. The van der Waals surface area contributed by atoms with E-state index in [1.807, 2.05) is 54.6 Å². The van der Waals surface area contributed by atoms with E-state index in [-0.39, 0.29) is 11.6 Å². The third kappa shape index (κ3) is 5.03. The molecule has 1 unspecified atom stereocenters. The van der Waals surface area contributed by atoms with Gasteiger partial charge in [0.1, 0.15) is 5.69 Å². The Morgan fingerprint density at radius 3 is 2.34 bits per heavy atom. The van der Waals surface area contributed by atoms with Crippen molar-refractivity contribution in [2.24, 2.45) is 0 Å². The summed E-state index contributed by atoms with van der Waals surface area (Å²) in [4.78, 5) is 24.0. The van der Waals surface area contributed by atoms with Crippen LogP contribution in [0.3, 0.4) is 0 Å². The van der Waals surface area contributed by atoms with Gasteiger partial charge in [-0.15, -0.1) is 0 Å². The number of rotatable bonds is 7. The number of pyridine rings is 1. The highest BCUT2D eigenvalue weighted by Crippen LogP contribution is 2.19. The minimum Gasteiger partial charge on any atom is -0.305 e. The van der Waals surface area contributed by atoms with E-state index in [4.69, 9.17) is 0 Å². The summed E-state index contributed by atoms with van der Waals surface area (Å²) < 4.78 is 0. The lowest BCUT2D eigenvalue weighted by atomic mass is 10.0. The minimum absolute atomic E-state index is 0.0299. The fraction of sp³-hybridized carbons (Fsp3) is 0.125. The summed E-state index contributed by atoms with van der Waals surface area (Å²) in [6.45, 7) is 0.733. The average Bonchev–Trinajstić information content (AvgIpc) is 2.78. The maximum absolute atomic E-state index is 12.2. The van der Waals surface area contributed by atoms with Gasteiger partial charge in [0, 0.05) is 31.3 Å². The molecule has 0 spiro atoms. The number of H-pyrrole nitrogens is 1. The van der Waals surface area contributed by atoms with Crippen LogP contribution in [0.2, 0.25) is 0 Å². The number of hydrogen-bond donors (Lipinski definition) is 2. The zero-order valence-corrected chi connectivity index (χ0v) is 16.0. The first kappa shape index (κ1) is 18.8. The Labute approximate surface area is 169 Å². The van der Waals surface area contributed by atoms with E-state index in [2.05, 4.69) is 44.5 Å². The molecule has 2 aromatic carbocycles. The van der Waals surface area contributed by atoms with Crippen LogP contribution < -0.4 is 10.9 Å². The first-order chi connectivity index (χ1) is 14.3. The maximum atomic E-state index is 12.2. The van der Waals surface area contributed by atoms with Gasteiger partial charge >= 0.3 is 0 Å². The number of aromatic amines is 1. The molecule has 5 nitrogen and oxygen atoms in total. The second-order valence-corrected chi connectivity index (χ2v) is 6.83. The molecular weight excluding hydrogens is 360 g/mol. The highest BCUT2D eigenvalue weighted by molar-refractivity contribution is 5.48. The van der Waals surface area contributed by atoms with Crippen LogP contribution >= 0.6 is 0 Å². The standard InChI is InChI=1S/C24H22N4O/c29-23-16-20(27-24(28-23)21-13-7-8-14-25-21)15-22(19-11-5-2-6-12-19)26-17-18-9-3-1-4-10-18/h1-14,16,22,26H,15,17H2,(H,27,28,29). The molecule has 4 rings (SSSR count). The molecule has 0 saturated carbocycles.